The van der Waals surface area contributed by atoms with Crippen molar-refractivity contribution in [3.8, 4) is 0 Å². The van der Waals surface area contributed by atoms with Gasteiger partial charge in [-0.05, 0) is 33.1 Å². The van der Waals surface area contributed by atoms with Gasteiger partial charge < -0.3 is 9.72 Å². The first-order valence-electron chi connectivity index (χ1n) is 5.81. The predicted octanol–water partition coefficient (Wildman–Crippen LogP) is 1.67. The molecule has 1 saturated heterocycles. The second-order valence-corrected chi connectivity index (χ2v) is 4.52. The molecule has 1 aromatic rings. The maximum absolute atomic E-state index is 11.8. The second-order valence-electron chi connectivity index (χ2n) is 4.52. The molecule has 0 bridgehead atoms. The number of nitrogens with zero attached hydrogens (tertiary/aromatic N) is 1. The molecule has 0 amide bonds. The van der Waals surface area contributed by atoms with E-state index < -0.39 is 5.60 Å². The fraction of sp³-hybridized carbons (Fsp3) is 0.667. The standard InChI is InChI=1S/C12H18N2O2/c1-4-9-8(2)10(15)14-11(13-9)12(3)6-5-7-16-12/h4-7H2,1-3H3,(H,13,14,15). The minimum atomic E-state index is -0.406. The smallest absolute Gasteiger partial charge is 0.254 e. The Kier molecular flexibility index (Phi) is 2.84. The molecule has 2 heterocycles. The normalized spacial score (nSPS) is 24.9. The molecule has 0 radical (unpaired) electrons. The Bertz CT molecular complexity index is 445. The molecule has 1 fully saturated rings. The van der Waals surface area contributed by atoms with Crippen molar-refractivity contribution in [3.05, 3.63) is 27.4 Å². The van der Waals surface area contributed by atoms with Crippen molar-refractivity contribution in [3.63, 3.8) is 0 Å². The van der Waals surface area contributed by atoms with E-state index in [9.17, 15) is 4.79 Å². The Morgan fingerprint density at radius 1 is 1.56 bits per heavy atom. The molecule has 1 atom stereocenters. The molecular weight excluding hydrogens is 204 g/mol. The number of aryl methyl sites for hydroxylation is 1. The van der Waals surface area contributed by atoms with Gasteiger partial charge in [0.25, 0.3) is 5.56 Å². The van der Waals surface area contributed by atoms with Crippen LogP contribution in [0, 0.1) is 6.92 Å². The first kappa shape index (κ1) is 11.3. The van der Waals surface area contributed by atoms with Gasteiger partial charge in [0.2, 0.25) is 0 Å². The van der Waals surface area contributed by atoms with Gasteiger partial charge in [-0.2, -0.15) is 0 Å². The zero-order valence-corrected chi connectivity index (χ0v) is 10.1. The zero-order valence-electron chi connectivity index (χ0n) is 10.1. The summed E-state index contributed by atoms with van der Waals surface area (Å²) in [5, 5.41) is 0. The van der Waals surface area contributed by atoms with Crippen molar-refractivity contribution in [2.45, 2.75) is 45.6 Å². The van der Waals surface area contributed by atoms with E-state index in [4.69, 9.17) is 4.74 Å². The number of ether oxygens (including phenoxy) is 1. The zero-order chi connectivity index (χ0) is 11.8. The van der Waals surface area contributed by atoms with Gasteiger partial charge in [0.15, 0.2) is 0 Å². The van der Waals surface area contributed by atoms with Crippen molar-refractivity contribution >= 4 is 0 Å². The van der Waals surface area contributed by atoms with Crippen molar-refractivity contribution in [1.29, 1.82) is 0 Å². The fourth-order valence-corrected chi connectivity index (χ4v) is 2.14. The van der Waals surface area contributed by atoms with E-state index in [1.807, 2.05) is 20.8 Å². The molecule has 4 heteroatoms. The van der Waals surface area contributed by atoms with Crippen LogP contribution in [-0.2, 0) is 16.8 Å². The quantitative estimate of drug-likeness (QED) is 0.828. The molecule has 2 rings (SSSR count). The van der Waals surface area contributed by atoms with Gasteiger partial charge in [0.1, 0.15) is 11.4 Å². The molecule has 1 N–H and O–H groups in total. The Morgan fingerprint density at radius 3 is 2.88 bits per heavy atom. The lowest BCUT2D eigenvalue weighted by molar-refractivity contribution is 0.00892. The summed E-state index contributed by atoms with van der Waals surface area (Å²) in [5.74, 6) is 0.678. The molecule has 0 aliphatic carbocycles. The number of aromatic nitrogens is 2. The molecule has 16 heavy (non-hydrogen) atoms. The summed E-state index contributed by atoms with van der Waals surface area (Å²) in [7, 11) is 0. The molecular formula is C12H18N2O2. The second kappa shape index (κ2) is 4.01. The fourth-order valence-electron chi connectivity index (χ4n) is 2.14. The van der Waals surface area contributed by atoms with Crippen LogP contribution in [0.2, 0.25) is 0 Å². The number of hydrogen-bond donors (Lipinski definition) is 1. The lowest BCUT2D eigenvalue weighted by Gasteiger charge is -2.22. The first-order chi connectivity index (χ1) is 7.57. The third-order valence-corrected chi connectivity index (χ3v) is 3.31. The van der Waals surface area contributed by atoms with Crippen LogP contribution in [0.25, 0.3) is 0 Å². The van der Waals surface area contributed by atoms with Gasteiger partial charge in [-0.3, -0.25) is 4.79 Å². The van der Waals surface area contributed by atoms with Gasteiger partial charge in [0.05, 0.1) is 5.69 Å². The number of hydrogen-bond acceptors (Lipinski definition) is 3. The Morgan fingerprint density at radius 2 is 2.31 bits per heavy atom. The van der Waals surface area contributed by atoms with Crippen LogP contribution in [0.15, 0.2) is 4.79 Å². The highest BCUT2D eigenvalue weighted by molar-refractivity contribution is 5.18. The minimum absolute atomic E-state index is 0.0430. The molecule has 1 aliphatic rings. The molecule has 0 saturated carbocycles. The average molecular weight is 222 g/mol. The van der Waals surface area contributed by atoms with E-state index in [-0.39, 0.29) is 5.56 Å². The molecule has 88 valence electrons. The predicted molar refractivity (Wildman–Crippen MR) is 61.5 cm³/mol. The summed E-state index contributed by atoms with van der Waals surface area (Å²) in [6.45, 7) is 6.56. The lowest BCUT2D eigenvalue weighted by atomic mass is 10.0. The van der Waals surface area contributed by atoms with Crippen LogP contribution in [0.3, 0.4) is 0 Å². The summed E-state index contributed by atoms with van der Waals surface area (Å²) < 4.78 is 5.69. The van der Waals surface area contributed by atoms with Crippen LogP contribution >= 0.6 is 0 Å². The van der Waals surface area contributed by atoms with Gasteiger partial charge in [-0.25, -0.2) is 4.98 Å². The number of rotatable bonds is 2. The van der Waals surface area contributed by atoms with Crippen molar-refractivity contribution < 1.29 is 4.74 Å². The Hall–Kier alpha value is -1.16. The largest absolute Gasteiger partial charge is 0.367 e. The highest BCUT2D eigenvalue weighted by atomic mass is 16.5. The van der Waals surface area contributed by atoms with Crippen LogP contribution in [0.5, 0.6) is 0 Å². The SMILES string of the molecule is CCc1nc(C2(C)CCCO2)[nH]c(=O)c1C. The maximum Gasteiger partial charge on any atom is 0.254 e. The summed E-state index contributed by atoms with van der Waals surface area (Å²) in [5.41, 5.74) is 1.14. The van der Waals surface area contributed by atoms with E-state index in [0.717, 1.165) is 31.6 Å². The minimum Gasteiger partial charge on any atom is -0.367 e. The van der Waals surface area contributed by atoms with Crippen LogP contribution in [0.1, 0.15) is 43.8 Å². The number of H-pyrrole nitrogens is 1. The molecule has 1 aromatic heterocycles. The first-order valence-corrected chi connectivity index (χ1v) is 5.81. The van der Waals surface area contributed by atoms with E-state index >= 15 is 0 Å². The van der Waals surface area contributed by atoms with E-state index in [1.54, 1.807) is 0 Å². The van der Waals surface area contributed by atoms with Crippen molar-refractivity contribution in [2.75, 3.05) is 6.61 Å². The molecule has 4 nitrogen and oxygen atoms in total. The van der Waals surface area contributed by atoms with E-state index in [2.05, 4.69) is 9.97 Å². The van der Waals surface area contributed by atoms with Crippen LogP contribution < -0.4 is 5.56 Å². The lowest BCUT2D eigenvalue weighted by Crippen LogP contribution is -2.29. The molecule has 1 aliphatic heterocycles. The van der Waals surface area contributed by atoms with Crippen LogP contribution in [0.4, 0.5) is 0 Å². The Balaban J connectivity index is 2.50. The van der Waals surface area contributed by atoms with Gasteiger partial charge >= 0.3 is 0 Å². The molecule has 0 spiro atoms. The summed E-state index contributed by atoms with van der Waals surface area (Å²) in [6.07, 6.45) is 2.72. The highest BCUT2D eigenvalue weighted by Gasteiger charge is 2.34. The summed E-state index contributed by atoms with van der Waals surface area (Å²) in [6, 6.07) is 0. The summed E-state index contributed by atoms with van der Waals surface area (Å²) >= 11 is 0. The topological polar surface area (TPSA) is 55.0 Å². The molecule has 1 unspecified atom stereocenters. The van der Waals surface area contributed by atoms with Crippen LogP contribution in [-0.4, -0.2) is 16.6 Å². The van der Waals surface area contributed by atoms with E-state index in [0.29, 0.717) is 11.4 Å². The van der Waals surface area contributed by atoms with Gasteiger partial charge in [-0.1, -0.05) is 6.92 Å². The highest BCUT2D eigenvalue weighted by Crippen LogP contribution is 2.32. The average Bonchev–Trinajstić information content (AvgIpc) is 2.70. The summed E-state index contributed by atoms with van der Waals surface area (Å²) in [4.78, 5) is 19.1. The number of aromatic amines is 1. The van der Waals surface area contributed by atoms with Crippen molar-refractivity contribution in [2.24, 2.45) is 0 Å². The van der Waals surface area contributed by atoms with Crippen molar-refractivity contribution in [1.82, 2.24) is 9.97 Å². The molecule has 0 aromatic carbocycles. The maximum atomic E-state index is 11.8. The van der Waals surface area contributed by atoms with Gasteiger partial charge in [0, 0.05) is 12.2 Å². The number of nitrogens with one attached hydrogen (secondary N) is 1. The third-order valence-electron chi connectivity index (χ3n) is 3.31. The van der Waals surface area contributed by atoms with E-state index in [1.165, 1.54) is 0 Å². The van der Waals surface area contributed by atoms with Gasteiger partial charge in [-0.15, -0.1) is 0 Å². The monoisotopic (exact) mass is 222 g/mol. The third kappa shape index (κ3) is 1.78. The Labute approximate surface area is 95.1 Å².